The molecular formula is C22H17F3N4O2. The molecule has 1 amide bonds. The highest BCUT2D eigenvalue weighted by molar-refractivity contribution is 6.07. The zero-order chi connectivity index (χ0) is 22.0. The van der Waals surface area contributed by atoms with Crippen molar-refractivity contribution in [3.63, 3.8) is 0 Å². The van der Waals surface area contributed by atoms with E-state index in [4.69, 9.17) is 4.74 Å². The van der Waals surface area contributed by atoms with Crippen LogP contribution in [0.3, 0.4) is 0 Å². The van der Waals surface area contributed by atoms with Gasteiger partial charge in [-0.3, -0.25) is 9.78 Å². The van der Waals surface area contributed by atoms with Crippen molar-refractivity contribution < 1.29 is 22.7 Å². The number of para-hydroxylation sites is 1. The number of nitrogens with zero attached hydrogens (tertiary/aromatic N) is 3. The fraction of sp³-hybridized carbons (Fsp3) is 0.136. The predicted octanol–water partition coefficient (Wildman–Crippen LogP) is 5.05. The van der Waals surface area contributed by atoms with Crippen LogP contribution in [0.5, 0.6) is 5.75 Å². The van der Waals surface area contributed by atoms with Gasteiger partial charge >= 0.3 is 6.18 Å². The summed E-state index contributed by atoms with van der Waals surface area (Å²) >= 11 is 0. The number of fused-ring (bicyclic) bond motifs is 1. The zero-order valence-corrected chi connectivity index (χ0v) is 16.3. The quantitative estimate of drug-likeness (QED) is 0.485. The van der Waals surface area contributed by atoms with Crippen molar-refractivity contribution in [3.05, 3.63) is 83.8 Å². The maximum Gasteiger partial charge on any atom is 0.416 e. The minimum absolute atomic E-state index is 0.0510. The first-order chi connectivity index (χ1) is 14.8. The van der Waals surface area contributed by atoms with Gasteiger partial charge in [0.05, 0.1) is 16.8 Å². The number of ether oxygens (including phenoxy) is 1. The molecule has 0 atom stereocenters. The topological polar surface area (TPSA) is 69.0 Å². The molecule has 2 heterocycles. The molecule has 0 saturated heterocycles. The lowest BCUT2D eigenvalue weighted by Crippen LogP contribution is -2.15. The number of amides is 1. The second-order valence-corrected chi connectivity index (χ2v) is 6.82. The number of alkyl halides is 3. The van der Waals surface area contributed by atoms with Gasteiger partial charge < -0.3 is 10.1 Å². The van der Waals surface area contributed by atoms with Crippen molar-refractivity contribution in [2.24, 2.45) is 0 Å². The van der Waals surface area contributed by atoms with Crippen LogP contribution >= 0.6 is 0 Å². The fourth-order valence-corrected chi connectivity index (χ4v) is 3.06. The number of rotatable bonds is 5. The van der Waals surface area contributed by atoms with Crippen LogP contribution in [0.1, 0.15) is 21.7 Å². The molecule has 1 N–H and O–H groups in total. The molecular weight excluding hydrogens is 409 g/mol. The SMILES string of the molecule is Cc1cc(NC(=O)c2ccn(COc3cccc(C(F)(F)F)c3)n2)c2ccccc2n1. The van der Waals surface area contributed by atoms with Gasteiger partial charge in [-0.1, -0.05) is 24.3 Å². The summed E-state index contributed by atoms with van der Waals surface area (Å²) in [5.74, 6) is -0.372. The second kappa shape index (κ2) is 8.10. The molecule has 0 aliphatic carbocycles. The zero-order valence-electron chi connectivity index (χ0n) is 16.3. The molecule has 0 aliphatic heterocycles. The maximum atomic E-state index is 12.8. The Hall–Kier alpha value is -3.88. The van der Waals surface area contributed by atoms with Crippen LogP contribution < -0.4 is 10.1 Å². The van der Waals surface area contributed by atoms with E-state index in [9.17, 15) is 18.0 Å². The fourth-order valence-electron chi connectivity index (χ4n) is 3.06. The van der Waals surface area contributed by atoms with E-state index >= 15 is 0 Å². The molecule has 4 rings (SSSR count). The lowest BCUT2D eigenvalue weighted by atomic mass is 10.1. The highest BCUT2D eigenvalue weighted by Crippen LogP contribution is 2.31. The van der Waals surface area contributed by atoms with E-state index in [2.05, 4.69) is 15.4 Å². The highest BCUT2D eigenvalue weighted by Gasteiger charge is 2.30. The third-order valence-electron chi connectivity index (χ3n) is 4.49. The van der Waals surface area contributed by atoms with Crippen molar-refractivity contribution in [1.29, 1.82) is 0 Å². The van der Waals surface area contributed by atoms with Gasteiger partial charge in [0.25, 0.3) is 5.91 Å². The van der Waals surface area contributed by atoms with Gasteiger partial charge in [-0.2, -0.15) is 18.3 Å². The summed E-state index contributed by atoms with van der Waals surface area (Å²) < 4.78 is 45.1. The summed E-state index contributed by atoms with van der Waals surface area (Å²) in [6.07, 6.45) is -2.94. The molecule has 0 fully saturated rings. The van der Waals surface area contributed by atoms with Crippen molar-refractivity contribution in [1.82, 2.24) is 14.8 Å². The van der Waals surface area contributed by atoms with E-state index in [1.54, 1.807) is 6.07 Å². The van der Waals surface area contributed by atoms with E-state index < -0.39 is 17.6 Å². The number of carbonyl (C=O) groups is 1. The lowest BCUT2D eigenvalue weighted by molar-refractivity contribution is -0.137. The summed E-state index contributed by atoms with van der Waals surface area (Å²) in [6.45, 7) is 1.69. The number of halogens is 3. The molecule has 0 aliphatic rings. The smallest absolute Gasteiger partial charge is 0.416 e. The van der Waals surface area contributed by atoms with E-state index in [0.29, 0.717) is 5.69 Å². The molecule has 0 bridgehead atoms. The van der Waals surface area contributed by atoms with Crippen LogP contribution in [0.15, 0.2) is 66.9 Å². The summed E-state index contributed by atoms with van der Waals surface area (Å²) in [5, 5.41) is 7.77. The van der Waals surface area contributed by atoms with Crippen LogP contribution in [-0.2, 0) is 12.9 Å². The normalized spacial score (nSPS) is 11.5. The summed E-state index contributed by atoms with van der Waals surface area (Å²) in [6, 6.07) is 15.3. The van der Waals surface area contributed by atoms with Crippen LogP contribution in [0, 0.1) is 6.92 Å². The molecule has 2 aromatic carbocycles. The number of nitrogens with one attached hydrogen (secondary N) is 1. The van der Waals surface area contributed by atoms with E-state index in [-0.39, 0.29) is 18.2 Å². The first-order valence-corrected chi connectivity index (χ1v) is 9.31. The van der Waals surface area contributed by atoms with E-state index in [0.717, 1.165) is 28.7 Å². The molecule has 158 valence electrons. The minimum Gasteiger partial charge on any atom is -0.471 e. The van der Waals surface area contributed by atoms with E-state index in [1.807, 2.05) is 31.2 Å². The predicted molar refractivity (Wildman–Crippen MR) is 109 cm³/mol. The average Bonchev–Trinajstić information content (AvgIpc) is 3.21. The Morgan fingerprint density at radius 2 is 1.90 bits per heavy atom. The minimum atomic E-state index is -4.45. The maximum absolute atomic E-state index is 12.8. The largest absolute Gasteiger partial charge is 0.471 e. The molecule has 9 heteroatoms. The van der Waals surface area contributed by atoms with Crippen LogP contribution in [0.25, 0.3) is 10.9 Å². The van der Waals surface area contributed by atoms with E-state index in [1.165, 1.54) is 29.1 Å². The third kappa shape index (κ3) is 4.66. The number of pyridine rings is 1. The molecule has 2 aromatic heterocycles. The van der Waals surface area contributed by atoms with Gasteiger partial charge in [-0.15, -0.1) is 0 Å². The number of anilines is 1. The number of hydrogen-bond acceptors (Lipinski definition) is 4. The van der Waals surface area contributed by atoms with Gasteiger partial charge in [-0.25, -0.2) is 4.68 Å². The van der Waals surface area contributed by atoms with Crippen LogP contribution in [0.2, 0.25) is 0 Å². The van der Waals surface area contributed by atoms with Crippen molar-refractivity contribution in [3.8, 4) is 5.75 Å². The molecule has 0 radical (unpaired) electrons. The third-order valence-corrected chi connectivity index (χ3v) is 4.49. The number of benzene rings is 2. The molecule has 0 saturated carbocycles. The van der Waals surface area contributed by atoms with Gasteiger partial charge in [0, 0.05) is 17.3 Å². The van der Waals surface area contributed by atoms with Gasteiger partial charge in [0.1, 0.15) is 5.75 Å². The number of hydrogen-bond donors (Lipinski definition) is 1. The summed E-state index contributed by atoms with van der Waals surface area (Å²) in [7, 11) is 0. The Kier molecular flexibility index (Phi) is 5.33. The van der Waals surface area contributed by atoms with Gasteiger partial charge in [0.15, 0.2) is 12.4 Å². The van der Waals surface area contributed by atoms with Gasteiger partial charge in [0.2, 0.25) is 0 Å². The van der Waals surface area contributed by atoms with Gasteiger partial charge in [-0.05, 0) is 43.3 Å². The molecule has 0 unspecified atom stereocenters. The first kappa shape index (κ1) is 20.4. The van der Waals surface area contributed by atoms with Crippen molar-refractivity contribution in [2.75, 3.05) is 5.32 Å². The first-order valence-electron chi connectivity index (χ1n) is 9.31. The number of aromatic nitrogens is 3. The van der Waals surface area contributed by atoms with Crippen molar-refractivity contribution >= 4 is 22.5 Å². The Labute approximate surface area is 175 Å². The lowest BCUT2D eigenvalue weighted by Gasteiger charge is -2.10. The Balaban J connectivity index is 1.45. The Bertz CT molecular complexity index is 1250. The standard InChI is InChI=1S/C22H17F3N4O2/c1-14-11-20(17-7-2-3-8-18(17)26-14)27-21(30)19-9-10-29(28-19)13-31-16-6-4-5-15(12-16)22(23,24)25/h2-12H,13H2,1H3,(H,26,27,30). The summed E-state index contributed by atoms with van der Waals surface area (Å²) in [5.41, 5.74) is 1.48. The average molecular weight is 426 g/mol. The van der Waals surface area contributed by atoms with Crippen LogP contribution in [0.4, 0.5) is 18.9 Å². The monoisotopic (exact) mass is 426 g/mol. The Morgan fingerprint density at radius 1 is 1.10 bits per heavy atom. The second-order valence-electron chi connectivity index (χ2n) is 6.82. The molecule has 0 spiro atoms. The molecule has 6 nitrogen and oxygen atoms in total. The molecule has 31 heavy (non-hydrogen) atoms. The van der Waals surface area contributed by atoms with Crippen molar-refractivity contribution in [2.45, 2.75) is 19.8 Å². The number of carbonyl (C=O) groups excluding carboxylic acids is 1. The van der Waals surface area contributed by atoms with Crippen LogP contribution in [-0.4, -0.2) is 20.7 Å². The molecule has 4 aromatic rings. The highest BCUT2D eigenvalue weighted by atomic mass is 19.4. The number of aryl methyl sites for hydroxylation is 1. The Morgan fingerprint density at radius 3 is 2.71 bits per heavy atom. The summed E-state index contributed by atoms with van der Waals surface area (Å²) in [4.78, 5) is 17.1.